The van der Waals surface area contributed by atoms with Crippen molar-refractivity contribution in [3.8, 4) is 0 Å². The molecule has 5 nitrogen and oxygen atoms in total. The van der Waals surface area contributed by atoms with Crippen LogP contribution in [-0.2, 0) is 9.53 Å². The molecule has 6 heteroatoms. The molecule has 0 spiro atoms. The molecule has 1 aliphatic rings. The van der Waals surface area contributed by atoms with Crippen LogP contribution in [-0.4, -0.2) is 34.2 Å². The molecule has 0 radical (unpaired) electrons. The summed E-state index contributed by atoms with van der Waals surface area (Å²) in [6, 6.07) is 7.73. The van der Waals surface area contributed by atoms with E-state index >= 15 is 0 Å². The molecule has 0 unspecified atom stereocenters. The van der Waals surface area contributed by atoms with Crippen LogP contribution >= 0.6 is 11.5 Å². The molecule has 100 valence electrons. The molecule has 1 saturated heterocycles. The number of anilines is 1. The van der Waals surface area contributed by atoms with E-state index < -0.39 is 11.5 Å². The van der Waals surface area contributed by atoms with Gasteiger partial charge >= 0.3 is 5.97 Å². The van der Waals surface area contributed by atoms with Crippen molar-refractivity contribution in [2.45, 2.75) is 18.4 Å². The topological polar surface area (TPSA) is 71.5 Å². The van der Waals surface area contributed by atoms with Crippen LogP contribution in [0.5, 0.6) is 0 Å². The Hall–Kier alpha value is -1.66. The Labute approximate surface area is 114 Å². The van der Waals surface area contributed by atoms with Crippen LogP contribution in [0.2, 0.25) is 0 Å². The predicted molar refractivity (Wildman–Crippen MR) is 73.7 cm³/mol. The summed E-state index contributed by atoms with van der Waals surface area (Å²) in [5, 5.41) is 14.5. The number of nitrogens with one attached hydrogen (secondary N) is 1. The first kappa shape index (κ1) is 12.4. The highest BCUT2D eigenvalue weighted by atomic mass is 32.1. The quantitative estimate of drug-likeness (QED) is 0.901. The van der Waals surface area contributed by atoms with Gasteiger partial charge < -0.3 is 15.2 Å². The lowest BCUT2D eigenvalue weighted by Gasteiger charge is -2.34. The SMILES string of the molecule is O=C(O)C1(Nc2snc3ccccc23)CCOCC1. The minimum atomic E-state index is -0.937. The predicted octanol–water partition coefficient (Wildman–Crippen LogP) is 2.34. The van der Waals surface area contributed by atoms with E-state index in [1.165, 1.54) is 11.5 Å². The Balaban J connectivity index is 1.96. The van der Waals surface area contributed by atoms with E-state index in [2.05, 4.69) is 9.69 Å². The van der Waals surface area contributed by atoms with Crippen molar-refractivity contribution >= 4 is 33.4 Å². The number of benzene rings is 1. The molecular weight excluding hydrogens is 264 g/mol. The van der Waals surface area contributed by atoms with E-state index in [1.807, 2.05) is 24.3 Å². The zero-order valence-electron chi connectivity index (χ0n) is 10.3. The summed E-state index contributed by atoms with van der Waals surface area (Å²) in [5.41, 5.74) is -0.0457. The van der Waals surface area contributed by atoms with Gasteiger partial charge in [-0.2, -0.15) is 4.37 Å². The number of carboxylic acids is 1. The monoisotopic (exact) mass is 278 g/mol. The smallest absolute Gasteiger partial charge is 0.329 e. The lowest BCUT2D eigenvalue weighted by molar-refractivity contribution is -0.145. The van der Waals surface area contributed by atoms with Crippen molar-refractivity contribution in [3.05, 3.63) is 24.3 Å². The Morgan fingerprint density at radius 1 is 1.37 bits per heavy atom. The molecule has 0 saturated carbocycles. The largest absolute Gasteiger partial charge is 0.480 e. The lowest BCUT2D eigenvalue weighted by atomic mass is 9.90. The summed E-state index contributed by atoms with van der Waals surface area (Å²) in [6.45, 7) is 0.937. The maximum absolute atomic E-state index is 11.6. The standard InChI is InChI=1S/C13H14N2O3S/c16-12(17)13(5-7-18-8-6-13)14-11-9-3-1-2-4-10(9)15-19-11/h1-4,14H,5-8H2,(H,16,17). The summed E-state index contributed by atoms with van der Waals surface area (Å²) in [5.74, 6) is -0.826. The van der Waals surface area contributed by atoms with Gasteiger partial charge in [0.2, 0.25) is 0 Å². The molecule has 1 aliphatic heterocycles. The van der Waals surface area contributed by atoms with Crippen molar-refractivity contribution in [2.24, 2.45) is 0 Å². The normalized spacial score (nSPS) is 18.3. The molecule has 0 amide bonds. The van der Waals surface area contributed by atoms with Crippen molar-refractivity contribution in [1.29, 1.82) is 0 Å². The fourth-order valence-electron chi connectivity index (χ4n) is 2.31. The van der Waals surface area contributed by atoms with Crippen molar-refractivity contribution in [1.82, 2.24) is 4.37 Å². The number of hydrogen-bond acceptors (Lipinski definition) is 5. The maximum atomic E-state index is 11.6. The molecule has 1 aromatic heterocycles. The minimum Gasteiger partial charge on any atom is -0.480 e. The molecular formula is C13H14N2O3S. The van der Waals surface area contributed by atoms with Gasteiger partial charge in [-0.25, -0.2) is 4.79 Å². The van der Waals surface area contributed by atoms with Gasteiger partial charge in [-0.05, 0) is 23.7 Å². The van der Waals surface area contributed by atoms with Crippen LogP contribution in [0.15, 0.2) is 24.3 Å². The first-order valence-corrected chi connectivity index (χ1v) is 6.92. The third-order valence-corrected chi connectivity index (χ3v) is 4.29. The number of hydrogen-bond donors (Lipinski definition) is 2. The zero-order valence-corrected chi connectivity index (χ0v) is 11.1. The van der Waals surface area contributed by atoms with E-state index in [1.54, 1.807) is 0 Å². The molecule has 19 heavy (non-hydrogen) atoms. The molecule has 1 aromatic carbocycles. The fraction of sp³-hybridized carbons (Fsp3) is 0.385. The van der Waals surface area contributed by atoms with Crippen LogP contribution in [0.3, 0.4) is 0 Å². The highest BCUT2D eigenvalue weighted by Gasteiger charge is 2.40. The Kier molecular flexibility index (Phi) is 3.12. The fourth-order valence-corrected chi connectivity index (χ4v) is 3.17. The van der Waals surface area contributed by atoms with Gasteiger partial charge in [0.1, 0.15) is 10.5 Å². The number of fused-ring (bicyclic) bond motifs is 1. The van der Waals surface area contributed by atoms with E-state index in [4.69, 9.17) is 4.74 Å². The number of rotatable bonds is 3. The molecule has 1 fully saturated rings. The van der Waals surface area contributed by atoms with Gasteiger partial charge in [-0.3, -0.25) is 0 Å². The second-order valence-corrected chi connectivity index (χ2v) is 5.43. The van der Waals surface area contributed by atoms with Crippen LogP contribution < -0.4 is 5.32 Å². The summed E-state index contributed by atoms with van der Waals surface area (Å²) in [6.07, 6.45) is 0.934. The maximum Gasteiger partial charge on any atom is 0.329 e. The van der Waals surface area contributed by atoms with Crippen LogP contribution in [0.4, 0.5) is 5.00 Å². The molecule has 0 bridgehead atoms. The molecule has 0 atom stereocenters. The summed E-state index contributed by atoms with van der Waals surface area (Å²) in [4.78, 5) is 11.6. The second kappa shape index (κ2) is 4.79. The average Bonchev–Trinajstić information content (AvgIpc) is 2.83. The lowest BCUT2D eigenvalue weighted by Crippen LogP contribution is -2.50. The summed E-state index contributed by atoms with van der Waals surface area (Å²) < 4.78 is 9.60. The Morgan fingerprint density at radius 3 is 2.84 bits per heavy atom. The first-order valence-electron chi connectivity index (χ1n) is 6.15. The van der Waals surface area contributed by atoms with E-state index in [9.17, 15) is 9.90 Å². The highest BCUT2D eigenvalue weighted by molar-refractivity contribution is 7.11. The summed E-state index contributed by atoms with van der Waals surface area (Å²) in [7, 11) is 0. The average molecular weight is 278 g/mol. The van der Waals surface area contributed by atoms with Gasteiger partial charge in [0.25, 0.3) is 0 Å². The molecule has 2 aromatic rings. The van der Waals surface area contributed by atoms with Gasteiger partial charge in [0, 0.05) is 31.4 Å². The number of carboxylic acid groups (broad SMARTS) is 1. The van der Waals surface area contributed by atoms with Crippen molar-refractivity contribution in [2.75, 3.05) is 18.5 Å². The van der Waals surface area contributed by atoms with Crippen LogP contribution in [0.1, 0.15) is 12.8 Å². The zero-order chi connectivity index (χ0) is 13.3. The van der Waals surface area contributed by atoms with Crippen LogP contribution in [0, 0.1) is 0 Å². The number of aromatic nitrogens is 1. The Bertz CT molecular complexity index is 605. The number of aliphatic carboxylic acids is 1. The van der Waals surface area contributed by atoms with Gasteiger partial charge in [-0.1, -0.05) is 12.1 Å². The van der Waals surface area contributed by atoms with E-state index in [0.29, 0.717) is 26.1 Å². The van der Waals surface area contributed by atoms with Crippen LogP contribution in [0.25, 0.3) is 10.9 Å². The number of ether oxygens (including phenoxy) is 1. The molecule has 3 rings (SSSR count). The minimum absolute atomic E-state index is 0.467. The van der Waals surface area contributed by atoms with Gasteiger partial charge in [-0.15, -0.1) is 0 Å². The van der Waals surface area contributed by atoms with E-state index in [-0.39, 0.29) is 0 Å². The van der Waals surface area contributed by atoms with Gasteiger partial charge in [0.15, 0.2) is 0 Å². The summed E-state index contributed by atoms with van der Waals surface area (Å²) >= 11 is 1.31. The number of nitrogens with zero attached hydrogens (tertiary/aromatic N) is 1. The highest BCUT2D eigenvalue weighted by Crippen LogP contribution is 2.33. The third kappa shape index (κ3) is 2.17. The van der Waals surface area contributed by atoms with Crippen molar-refractivity contribution in [3.63, 3.8) is 0 Å². The second-order valence-electron chi connectivity index (χ2n) is 4.65. The number of carbonyl (C=O) groups is 1. The van der Waals surface area contributed by atoms with E-state index in [0.717, 1.165) is 15.9 Å². The Morgan fingerprint density at radius 2 is 2.11 bits per heavy atom. The molecule has 2 N–H and O–H groups in total. The molecule has 0 aliphatic carbocycles. The third-order valence-electron chi connectivity index (χ3n) is 3.49. The first-order chi connectivity index (χ1) is 9.21. The van der Waals surface area contributed by atoms with Gasteiger partial charge in [0.05, 0.1) is 5.52 Å². The van der Waals surface area contributed by atoms with Crippen molar-refractivity contribution < 1.29 is 14.6 Å². The molecule has 2 heterocycles.